The first-order chi connectivity index (χ1) is 12.1. The van der Waals surface area contributed by atoms with E-state index in [1.165, 1.54) is 11.3 Å². The molecule has 25 heavy (non-hydrogen) atoms. The van der Waals surface area contributed by atoms with E-state index in [-0.39, 0.29) is 5.91 Å². The second kappa shape index (κ2) is 6.10. The maximum absolute atomic E-state index is 13.1. The number of methoxy groups -OCH3 is 2. The molecule has 1 aromatic heterocycles. The Bertz CT molecular complexity index is 841. The van der Waals surface area contributed by atoms with Gasteiger partial charge in [0.1, 0.15) is 0 Å². The van der Waals surface area contributed by atoms with E-state index in [0.29, 0.717) is 24.5 Å². The highest BCUT2D eigenvalue weighted by molar-refractivity contribution is 5.94. The molecule has 1 aromatic carbocycles. The fraction of sp³-hybridized carbons (Fsp3) is 0.474. The van der Waals surface area contributed by atoms with Crippen molar-refractivity contribution < 1.29 is 14.3 Å². The number of amides is 1. The number of fused-ring (bicyclic) bond motifs is 2. The van der Waals surface area contributed by atoms with Crippen LogP contribution in [0.5, 0.6) is 11.5 Å². The molecule has 0 bridgehead atoms. The zero-order valence-electron chi connectivity index (χ0n) is 15.0. The monoisotopic (exact) mass is 341 g/mol. The van der Waals surface area contributed by atoms with Crippen LogP contribution in [-0.2, 0) is 32.9 Å². The highest BCUT2D eigenvalue weighted by Crippen LogP contribution is 2.34. The average Bonchev–Trinajstić information content (AvgIpc) is 3.23. The van der Waals surface area contributed by atoms with Gasteiger partial charge in [-0.2, -0.15) is 5.10 Å². The quantitative estimate of drug-likeness (QED) is 0.858. The number of aromatic nitrogens is 2. The molecule has 1 aliphatic carbocycles. The topological polar surface area (TPSA) is 56.6 Å². The van der Waals surface area contributed by atoms with Gasteiger partial charge in [0.2, 0.25) is 0 Å². The summed E-state index contributed by atoms with van der Waals surface area (Å²) in [6.07, 6.45) is 3.91. The van der Waals surface area contributed by atoms with Crippen molar-refractivity contribution in [2.75, 3.05) is 20.8 Å². The maximum atomic E-state index is 13.1. The molecule has 6 nitrogen and oxygen atoms in total. The van der Waals surface area contributed by atoms with Gasteiger partial charge in [0.15, 0.2) is 17.2 Å². The van der Waals surface area contributed by atoms with Gasteiger partial charge in [-0.3, -0.25) is 9.48 Å². The van der Waals surface area contributed by atoms with Crippen LogP contribution in [0.4, 0.5) is 0 Å². The van der Waals surface area contributed by atoms with Crippen LogP contribution in [0.3, 0.4) is 0 Å². The lowest BCUT2D eigenvalue weighted by Crippen LogP contribution is -2.36. The zero-order chi connectivity index (χ0) is 17.6. The molecule has 0 unspecified atom stereocenters. The van der Waals surface area contributed by atoms with E-state index in [4.69, 9.17) is 9.47 Å². The Balaban J connectivity index is 1.62. The van der Waals surface area contributed by atoms with E-state index in [0.717, 1.165) is 42.6 Å². The molecule has 4 rings (SSSR count). The number of ether oxygens (including phenoxy) is 2. The van der Waals surface area contributed by atoms with Gasteiger partial charge in [-0.05, 0) is 48.9 Å². The van der Waals surface area contributed by atoms with E-state index in [2.05, 4.69) is 5.10 Å². The molecule has 1 aliphatic heterocycles. The summed E-state index contributed by atoms with van der Waals surface area (Å²) >= 11 is 0. The minimum absolute atomic E-state index is 0.0409. The third-order valence-corrected chi connectivity index (χ3v) is 5.32. The van der Waals surface area contributed by atoms with Gasteiger partial charge < -0.3 is 14.4 Å². The SMILES string of the molecule is COc1cc2c(cc1OC)CN(C(=O)c1nn(C)c3c1CCC3)CC2. The number of carbonyl (C=O) groups is 1. The standard InChI is InChI=1S/C19H23N3O3/c1-21-15-6-4-5-14(15)18(20-21)19(23)22-8-7-12-9-16(24-2)17(25-3)10-13(12)11-22/h9-10H,4-8,11H2,1-3H3. The largest absolute Gasteiger partial charge is 0.493 e. The van der Waals surface area contributed by atoms with Gasteiger partial charge in [0.25, 0.3) is 5.91 Å². The first-order valence-corrected chi connectivity index (χ1v) is 8.70. The molecule has 0 saturated heterocycles. The van der Waals surface area contributed by atoms with Crippen LogP contribution < -0.4 is 9.47 Å². The molecule has 0 radical (unpaired) electrons. The second-order valence-electron chi connectivity index (χ2n) is 6.70. The summed E-state index contributed by atoms with van der Waals surface area (Å²) < 4.78 is 12.7. The lowest BCUT2D eigenvalue weighted by molar-refractivity contribution is 0.0726. The van der Waals surface area contributed by atoms with Gasteiger partial charge in [-0.1, -0.05) is 0 Å². The summed E-state index contributed by atoms with van der Waals surface area (Å²) in [5.41, 5.74) is 5.33. The number of carbonyl (C=O) groups excluding carboxylic acids is 1. The van der Waals surface area contributed by atoms with Gasteiger partial charge in [-0.25, -0.2) is 0 Å². The van der Waals surface area contributed by atoms with Gasteiger partial charge in [0.05, 0.1) is 14.2 Å². The number of nitrogens with zero attached hydrogens (tertiary/aromatic N) is 3. The van der Waals surface area contributed by atoms with Crippen molar-refractivity contribution >= 4 is 5.91 Å². The first kappa shape index (κ1) is 16.0. The van der Waals surface area contributed by atoms with E-state index in [1.807, 2.05) is 28.8 Å². The lowest BCUT2D eigenvalue weighted by atomic mass is 9.98. The summed E-state index contributed by atoms with van der Waals surface area (Å²) in [7, 11) is 5.21. The third kappa shape index (κ3) is 2.56. The first-order valence-electron chi connectivity index (χ1n) is 8.70. The molecule has 1 amide bonds. The third-order valence-electron chi connectivity index (χ3n) is 5.32. The van der Waals surface area contributed by atoms with Crippen LogP contribution in [-0.4, -0.2) is 41.4 Å². The smallest absolute Gasteiger partial charge is 0.274 e. The molecule has 0 fully saturated rings. The number of benzene rings is 1. The predicted molar refractivity (Wildman–Crippen MR) is 93.2 cm³/mol. The summed E-state index contributed by atoms with van der Waals surface area (Å²) in [5.74, 6) is 1.48. The highest BCUT2D eigenvalue weighted by Gasteiger charge is 2.30. The van der Waals surface area contributed by atoms with E-state index in [1.54, 1.807) is 14.2 Å². The Morgan fingerprint density at radius 2 is 1.80 bits per heavy atom. The van der Waals surface area contributed by atoms with Crippen molar-refractivity contribution in [3.05, 3.63) is 40.2 Å². The molecule has 132 valence electrons. The molecule has 2 aliphatic rings. The molecule has 0 spiro atoms. The number of hydrogen-bond donors (Lipinski definition) is 0. The van der Waals surface area contributed by atoms with Crippen LogP contribution in [0.2, 0.25) is 0 Å². The van der Waals surface area contributed by atoms with Crippen LogP contribution in [0.15, 0.2) is 12.1 Å². The fourth-order valence-corrected chi connectivity index (χ4v) is 3.99. The van der Waals surface area contributed by atoms with Gasteiger partial charge in [-0.15, -0.1) is 0 Å². The molecular weight excluding hydrogens is 318 g/mol. The van der Waals surface area contributed by atoms with E-state index < -0.39 is 0 Å². The van der Waals surface area contributed by atoms with Crippen molar-refractivity contribution in [1.82, 2.24) is 14.7 Å². The summed E-state index contributed by atoms with van der Waals surface area (Å²) in [4.78, 5) is 15.0. The molecule has 2 aromatic rings. The Labute approximate surface area is 147 Å². The van der Waals surface area contributed by atoms with Crippen LogP contribution in [0.1, 0.15) is 39.3 Å². The normalized spacial score (nSPS) is 15.7. The Kier molecular flexibility index (Phi) is 3.90. The second-order valence-corrected chi connectivity index (χ2v) is 6.70. The summed E-state index contributed by atoms with van der Waals surface area (Å²) in [6, 6.07) is 4.00. The summed E-state index contributed by atoms with van der Waals surface area (Å²) in [6.45, 7) is 1.28. The maximum Gasteiger partial charge on any atom is 0.274 e. The molecule has 0 N–H and O–H groups in total. The Morgan fingerprint density at radius 3 is 2.52 bits per heavy atom. The van der Waals surface area contributed by atoms with Gasteiger partial charge >= 0.3 is 0 Å². The van der Waals surface area contributed by atoms with Crippen molar-refractivity contribution in [3.8, 4) is 11.5 Å². The van der Waals surface area contributed by atoms with Crippen LogP contribution in [0, 0.1) is 0 Å². The van der Waals surface area contributed by atoms with Crippen LogP contribution >= 0.6 is 0 Å². The number of aryl methyl sites for hydroxylation is 1. The molecule has 6 heteroatoms. The van der Waals surface area contributed by atoms with Crippen LogP contribution in [0.25, 0.3) is 0 Å². The minimum atomic E-state index is 0.0409. The average molecular weight is 341 g/mol. The summed E-state index contributed by atoms with van der Waals surface area (Å²) in [5, 5.41) is 4.51. The van der Waals surface area contributed by atoms with E-state index >= 15 is 0 Å². The fourth-order valence-electron chi connectivity index (χ4n) is 3.99. The Morgan fingerprint density at radius 1 is 1.08 bits per heavy atom. The number of hydrogen-bond acceptors (Lipinski definition) is 4. The minimum Gasteiger partial charge on any atom is -0.493 e. The predicted octanol–water partition coefficient (Wildman–Crippen LogP) is 2.12. The molecule has 0 atom stereocenters. The van der Waals surface area contributed by atoms with Crippen molar-refractivity contribution in [2.24, 2.45) is 7.05 Å². The highest BCUT2D eigenvalue weighted by atomic mass is 16.5. The molecule has 0 saturated carbocycles. The van der Waals surface area contributed by atoms with Crippen molar-refractivity contribution in [3.63, 3.8) is 0 Å². The molecular formula is C19H23N3O3. The Hall–Kier alpha value is -2.50. The number of rotatable bonds is 3. The molecule has 2 heterocycles. The van der Waals surface area contributed by atoms with Gasteiger partial charge in [0, 0.05) is 31.4 Å². The van der Waals surface area contributed by atoms with Crippen molar-refractivity contribution in [1.29, 1.82) is 0 Å². The van der Waals surface area contributed by atoms with E-state index in [9.17, 15) is 4.79 Å². The van der Waals surface area contributed by atoms with Crippen molar-refractivity contribution in [2.45, 2.75) is 32.2 Å². The lowest BCUT2D eigenvalue weighted by Gasteiger charge is -2.29. The zero-order valence-corrected chi connectivity index (χ0v) is 15.0.